The molecule has 4 nitrogen and oxygen atoms in total. The van der Waals surface area contributed by atoms with Crippen molar-refractivity contribution < 1.29 is 4.74 Å². The Hall–Kier alpha value is -1.10. The van der Waals surface area contributed by atoms with Gasteiger partial charge in [0.2, 0.25) is 0 Å². The summed E-state index contributed by atoms with van der Waals surface area (Å²) < 4.78 is 5.18. The SMILES string of the molecule is CNCC1C(C)NNC1c1ccc(OC)cc1. The number of hydrogen-bond acceptors (Lipinski definition) is 4. The van der Waals surface area contributed by atoms with Gasteiger partial charge in [-0.25, -0.2) is 5.43 Å². The van der Waals surface area contributed by atoms with E-state index in [1.54, 1.807) is 7.11 Å². The molecule has 17 heavy (non-hydrogen) atoms. The van der Waals surface area contributed by atoms with Crippen molar-refractivity contribution in [3.8, 4) is 5.75 Å². The zero-order valence-corrected chi connectivity index (χ0v) is 10.7. The molecule has 3 N–H and O–H groups in total. The second kappa shape index (κ2) is 5.49. The van der Waals surface area contributed by atoms with Crippen LogP contribution in [-0.2, 0) is 0 Å². The summed E-state index contributed by atoms with van der Waals surface area (Å²) in [6.45, 7) is 3.20. The van der Waals surface area contributed by atoms with Gasteiger partial charge in [0, 0.05) is 18.5 Å². The first kappa shape index (κ1) is 12.4. The van der Waals surface area contributed by atoms with Gasteiger partial charge in [-0.1, -0.05) is 12.1 Å². The van der Waals surface area contributed by atoms with E-state index in [1.807, 2.05) is 19.2 Å². The van der Waals surface area contributed by atoms with E-state index in [9.17, 15) is 0 Å². The predicted octanol–water partition coefficient (Wildman–Crippen LogP) is 1.07. The molecule has 0 spiro atoms. The van der Waals surface area contributed by atoms with Crippen molar-refractivity contribution in [3.63, 3.8) is 0 Å². The lowest BCUT2D eigenvalue weighted by Gasteiger charge is -2.21. The van der Waals surface area contributed by atoms with Crippen LogP contribution in [0.2, 0.25) is 0 Å². The highest BCUT2D eigenvalue weighted by Gasteiger charge is 2.33. The first-order chi connectivity index (χ1) is 8.26. The summed E-state index contributed by atoms with van der Waals surface area (Å²) in [7, 11) is 3.69. The Labute approximate surface area is 103 Å². The van der Waals surface area contributed by atoms with Crippen LogP contribution in [-0.4, -0.2) is 26.7 Å². The van der Waals surface area contributed by atoms with E-state index in [0.717, 1.165) is 12.3 Å². The molecule has 4 heteroatoms. The number of ether oxygens (including phenoxy) is 1. The van der Waals surface area contributed by atoms with E-state index < -0.39 is 0 Å². The normalized spacial score (nSPS) is 28.3. The van der Waals surface area contributed by atoms with Crippen molar-refractivity contribution in [2.75, 3.05) is 20.7 Å². The number of hydrazine groups is 1. The van der Waals surface area contributed by atoms with Crippen LogP contribution >= 0.6 is 0 Å². The van der Waals surface area contributed by atoms with Crippen LogP contribution in [0.4, 0.5) is 0 Å². The molecule has 1 heterocycles. The first-order valence-electron chi connectivity index (χ1n) is 6.06. The van der Waals surface area contributed by atoms with Gasteiger partial charge in [-0.05, 0) is 31.7 Å². The summed E-state index contributed by atoms with van der Waals surface area (Å²) in [6.07, 6.45) is 0. The fourth-order valence-corrected chi connectivity index (χ4v) is 2.40. The highest BCUT2D eigenvalue weighted by Crippen LogP contribution is 2.29. The molecule has 0 aromatic heterocycles. The third-order valence-electron chi connectivity index (χ3n) is 3.45. The maximum atomic E-state index is 5.18. The van der Waals surface area contributed by atoms with Crippen molar-refractivity contribution in [3.05, 3.63) is 29.8 Å². The average molecular weight is 235 g/mol. The largest absolute Gasteiger partial charge is 0.497 e. The summed E-state index contributed by atoms with van der Waals surface area (Å²) in [5.41, 5.74) is 7.97. The second-order valence-corrected chi connectivity index (χ2v) is 4.55. The summed E-state index contributed by atoms with van der Waals surface area (Å²) >= 11 is 0. The van der Waals surface area contributed by atoms with E-state index in [1.165, 1.54) is 5.56 Å². The molecule has 1 fully saturated rings. The Morgan fingerprint density at radius 2 is 1.94 bits per heavy atom. The van der Waals surface area contributed by atoms with E-state index >= 15 is 0 Å². The molecule has 1 aromatic rings. The molecule has 3 atom stereocenters. The minimum Gasteiger partial charge on any atom is -0.497 e. The summed E-state index contributed by atoms with van der Waals surface area (Å²) in [6, 6.07) is 9.09. The zero-order valence-electron chi connectivity index (χ0n) is 10.7. The van der Waals surface area contributed by atoms with E-state index in [0.29, 0.717) is 18.0 Å². The standard InChI is InChI=1S/C13H21N3O/c1-9-12(8-14-2)13(16-15-9)10-4-6-11(17-3)7-5-10/h4-7,9,12-16H,8H2,1-3H3. The number of nitrogens with one attached hydrogen (secondary N) is 3. The molecule has 2 rings (SSSR count). The number of methoxy groups -OCH3 is 1. The Kier molecular flexibility index (Phi) is 3.99. The minimum absolute atomic E-state index is 0.350. The van der Waals surface area contributed by atoms with Gasteiger partial charge in [0.05, 0.1) is 13.2 Å². The fourth-order valence-electron chi connectivity index (χ4n) is 2.40. The third kappa shape index (κ3) is 2.60. The average Bonchev–Trinajstić information content (AvgIpc) is 2.72. The molecular formula is C13H21N3O. The van der Waals surface area contributed by atoms with Gasteiger partial charge >= 0.3 is 0 Å². The topological polar surface area (TPSA) is 45.3 Å². The van der Waals surface area contributed by atoms with Crippen LogP contribution in [0.15, 0.2) is 24.3 Å². The molecule has 0 bridgehead atoms. The third-order valence-corrected chi connectivity index (χ3v) is 3.45. The van der Waals surface area contributed by atoms with Crippen LogP contribution in [0.3, 0.4) is 0 Å². The molecule has 1 aliphatic rings. The molecule has 1 aromatic carbocycles. The van der Waals surface area contributed by atoms with Gasteiger partial charge in [-0.3, -0.25) is 5.43 Å². The van der Waals surface area contributed by atoms with Crippen LogP contribution in [0, 0.1) is 5.92 Å². The molecular weight excluding hydrogens is 214 g/mol. The highest BCUT2D eigenvalue weighted by molar-refractivity contribution is 5.30. The van der Waals surface area contributed by atoms with Crippen LogP contribution < -0.4 is 20.9 Å². The maximum absolute atomic E-state index is 5.18. The van der Waals surface area contributed by atoms with E-state index in [-0.39, 0.29) is 0 Å². The number of benzene rings is 1. The summed E-state index contributed by atoms with van der Waals surface area (Å²) in [4.78, 5) is 0. The lowest BCUT2D eigenvalue weighted by atomic mass is 9.90. The van der Waals surface area contributed by atoms with Crippen molar-refractivity contribution in [1.29, 1.82) is 0 Å². The lowest BCUT2D eigenvalue weighted by molar-refractivity contribution is 0.409. The van der Waals surface area contributed by atoms with Crippen LogP contribution in [0.25, 0.3) is 0 Å². The van der Waals surface area contributed by atoms with Gasteiger partial charge in [0.15, 0.2) is 0 Å². The second-order valence-electron chi connectivity index (χ2n) is 4.55. The van der Waals surface area contributed by atoms with Crippen LogP contribution in [0.5, 0.6) is 5.75 Å². The quantitative estimate of drug-likeness (QED) is 0.730. The number of rotatable bonds is 4. The van der Waals surface area contributed by atoms with Crippen molar-refractivity contribution >= 4 is 0 Å². The van der Waals surface area contributed by atoms with Gasteiger partial charge in [-0.15, -0.1) is 0 Å². The lowest BCUT2D eigenvalue weighted by Crippen LogP contribution is -2.31. The zero-order chi connectivity index (χ0) is 12.3. The minimum atomic E-state index is 0.350. The van der Waals surface area contributed by atoms with E-state index in [2.05, 4.69) is 35.2 Å². The first-order valence-corrected chi connectivity index (χ1v) is 6.06. The van der Waals surface area contributed by atoms with Gasteiger partial charge < -0.3 is 10.1 Å². The Balaban J connectivity index is 2.14. The van der Waals surface area contributed by atoms with Crippen molar-refractivity contribution in [2.45, 2.75) is 19.0 Å². The summed E-state index contributed by atoms with van der Waals surface area (Å²) in [5, 5.41) is 3.26. The molecule has 0 aliphatic carbocycles. The Morgan fingerprint density at radius 1 is 1.24 bits per heavy atom. The van der Waals surface area contributed by atoms with E-state index in [4.69, 9.17) is 4.74 Å². The van der Waals surface area contributed by atoms with Crippen LogP contribution in [0.1, 0.15) is 18.5 Å². The molecule has 94 valence electrons. The predicted molar refractivity (Wildman–Crippen MR) is 68.9 cm³/mol. The Morgan fingerprint density at radius 3 is 2.53 bits per heavy atom. The molecule has 0 saturated carbocycles. The van der Waals surface area contributed by atoms with Gasteiger partial charge in [0.25, 0.3) is 0 Å². The molecule has 1 saturated heterocycles. The fraction of sp³-hybridized carbons (Fsp3) is 0.538. The Bertz CT molecular complexity index is 352. The molecule has 0 radical (unpaired) electrons. The van der Waals surface area contributed by atoms with Crippen molar-refractivity contribution in [2.24, 2.45) is 5.92 Å². The maximum Gasteiger partial charge on any atom is 0.118 e. The van der Waals surface area contributed by atoms with Gasteiger partial charge in [-0.2, -0.15) is 0 Å². The van der Waals surface area contributed by atoms with Gasteiger partial charge in [0.1, 0.15) is 5.75 Å². The monoisotopic (exact) mass is 235 g/mol. The molecule has 1 aliphatic heterocycles. The number of hydrogen-bond donors (Lipinski definition) is 3. The smallest absolute Gasteiger partial charge is 0.118 e. The highest BCUT2D eigenvalue weighted by atomic mass is 16.5. The molecule has 0 amide bonds. The summed E-state index contributed by atoms with van der Waals surface area (Å²) in [5.74, 6) is 1.45. The molecule has 3 unspecified atom stereocenters. The van der Waals surface area contributed by atoms with Crippen molar-refractivity contribution in [1.82, 2.24) is 16.2 Å².